The number of phosphoric acid groups is 2. The van der Waals surface area contributed by atoms with Crippen LogP contribution in [0.25, 0.3) is 6.08 Å². The number of allylic oxidation sites excluding steroid dienone is 4. The number of carbonyl (C=O) groups is 4. The molecule has 1 amide bonds. The molecule has 0 radical (unpaired) electrons. The van der Waals surface area contributed by atoms with Gasteiger partial charge in [0.2, 0.25) is 5.91 Å². The van der Waals surface area contributed by atoms with E-state index in [9.17, 15) is 64.0 Å². The van der Waals surface area contributed by atoms with E-state index < -0.39 is 53.6 Å². The second-order valence-corrected chi connectivity index (χ2v) is 34.4. The van der Waals surface area contributed by atoms with Crippen LogP contribution in [0, 0.1) is 0 Å². The lowest BCUT2D eigenvalue weighted by atomic mass is 10.1. The van der Waals surface area contributed by atoms with Gasteiger partial charge < -0.3 is 74.0 Å². The standard InChI is InChI=1S/C22H42N2O4S.C21H39NO6S.C18H30NO5P.C11H22NO6P.CH4/c1-5-6-7-8-9-10-11-12-13-14-15-17-22(25)23(2)18-20-24(3,4)19-16-21-29(26,27)28;1-4-5-6-7-8-9-10-11-13-20(23)14-15-21(24)28-18-17-22(2,3)16-12-19-29(25,26)27;1-5-17-8-10-18(11-9-17)16-22-13-6-7-14-23-25(20,21)24-15-12-19(2,3)4;1-10(2)11(13)16-8-9-18-19(14,15)17-7-6-12(3,4)5;/h13-15,17H,5-12,16,18-21H2,1-4H3;14-15H,4-13,16-19H2,1-3H3;5,8-11H,1,6-7,12-16H2,2-4H3;1,6-9H2,2-5H3;1H4/b;15-14-;;;. The lowest BCUT2D eigenvalue weighted by Gasteiger charge is -2.31. The van der Waals surface area contributed by atoms with Crippen LogP contribution >= 0.6 is 15.6 Å². The fourth-order valence-electron chi connectivity index (χ4n) is 8.63. The number of hydrogen-bond acceptors (Lipinski definition) is 21. The minimum atomic E-state index is -4.34. The number of esters is 2. The molecule has 1 aromatic carbocycles. The summed E-state index contributed by atoms with van der Waals surface area (Å²) in [6.45, 7) is 18.1. The van der Waals surface area contributed by atoms with E-state index in [0.717, 1.165) is 49.3 Å². The minimum Gasteiger partial charge on any atom is -0.756 e. The third-order valence-corrected chi connectivity index (χ3v) is 18.7. The van der Waals surface area contributed by atoms with Gasteiger partial charge in [0.05, 0.1) is 137 Å². The van der Waals surface area contributed by atoms with Crippen molar-refractivity contribution in [3.8, 4) is 0 Å². The van der Waals surface area contributed by atoms with Crippen molar-refractivity contribution >= 4 is 65.6 Å². The second kappa shape index (κ2) is 59.8. The largest absolute Gasteiger partial charge is 0.756 e. The molecule has 0 fully saturated rings. The van der Waals surface area contributed by atoms with Crippen molar-refractivity contribution in [2.75, 3.05) is 181 Å². The van der Waals surface area contributed by atoms with Crippen LogP contribution in [0.5, 0.6) is 0 Å². The van der Waals surface area contributed by atoms with Crippen molar-refractivity contribution in [3.63, 3.8) is 0 Å². The smallest absolute Gasteiger partial charge is 0.333 e. The van der Waals surface area contributed by atoms with Gasteiger partial charge >= 0.3 is 11.9 Å². The van der Waals surface area contributed by atoms with E-state index in [1.165, 1.54) is 90.0 Å². The molecule has 0 saturated heterocycles. The molecule has 0 aliphatic carbocycles. The second-order valence-electron chi connectivity index (χ2n) is 28.5. The number of benzene rings is 1. The summed E-state index contributed by atoms with van der Waals surface area (Å²) in [5.74, 6) is -1.99. The third-order valence-electron chi connectivity index (χ3n) is 15.2. The maximum absolute atomic E-state index is 12.1. The van der Waals surface area contributed by atoms with Crippen molar-refractivity contribution < 1.29 is 114 Å². The number of ether oxygens (including phenoxy) is 3. The number of ketones is 1. The Morgan fingerprint density at radius 2 is 0.990 bits per heavy atom. The molecule has 2 unspecified atom stereocenters. The van der Waals surface area contributed by atoms with E-state index in [1.54, 1.807) is 30.2 Å². The van der Waals surface area contributed by atoms with Gasteiger partial charge in [0.15, 0.2) is 5.78 Å². The van der Waals surface area contributed by atoms with Gasteiger partial charge in [-0.2, -0.15) is 0 Å². The normalized spacial score (nSPS) is 13.3. The third kappa shape index (κ3) is 77.3. The highest BCUT2D eigenvalue weighted by Crippen LogP contribution is 2.39. The molecular formula is C73H137N5O21P2S2. The summed E-state index contributed by atoms with van der Waals surface area (Å²) in [7, 11) is 4.19. The van der Waals surface area contributed by atoms with Crippen LogP contribution in [0.15, 0.2) is 79.5 Å². The number of nitrogens with zero attached hydrogens (tertiary/aromatic N) is 5. The summed E-state index contributed by atoms with van der Waals surface area (Å²) in [5.41, 5.74) is 2.41. The lowest BCUT2D eigenvalue weighted by Crippen LogP contribution is -2.46. The molecule has 1 aromatic rings. The summed E-state index contributed by atoms with van der Waals surface area (Å²) in [6, 6.07) is 7.98. The van der Waals surface area contributed by atoms with E-state index in [0.29, 0.717) is 96.2 Å². The highest BCUT2D eigenvalue weighted by Gasteiger charge is 2.20. The van der Waals surface area contributed by atoms with Gasteiger partial charge in [0.1, 0.15) is 46.1 Å². The molecule has 0 saturated carbocycles. The van der Waals surface area contributed by atoms with Crippen LogP contribution in [0.4, 0.5) is 0 Å². The fraction of sp³-hybridized carbons (Fsp3) is 0.726. The van der Waals surface area contributed by atoms with Gasteiger partial charge in [-0.1, -0.05) is 166 Å². The van der Waals surface area contributed by atoms with E-state index in [1.807, 2.05) is 101 Å². The Hall–Kier alpha value is -4.16. The van der Waals surface area contributed by atoms with Gasteiger partial charge in [-0.3, -0.25) is 18.7 Å². The first-order chi connectivity index (χ1) is 47.4. The summed E-state index contributed by atoms with van der Waals surface area (Å²) in [6.07, 6.45) is 33.5. The zero-order valence-electron chi connectivity index (χ0n) is 64.7. The molecule has 2 atom stereocenters. The van der Waals surface area contributed by atoms with E-state index in [-0.39, 0.29) is 76.5 Å². The molecule has 26 nitrogen and oxygen atoms in total. The van der Waals surface area contributed by atoms with Crippen LogP contribution in [0.3, 0.4) is 0 Å². The van der Waals surface area contributed by atoms with Crippen LogP contribution < -0.4 is 9.79 Å². The molecular weight excluding hydrogens is 1410 g/mol. The number of likely N-dealkylation sites (N-methyl/N-ethyl adjacent to an activating group) is 5. The van der Waals surface area contributed by atoms with Crippen LogP contribution in [-0.4, -0.2) is 253 Å². The zero-order valence-corrected chi connectivity index (χ0v) is 68.1. The molecule has 0 bridgehead atoms. The number of carbonyl (C=O) groups excluding carboxylic acids is 4. The lowest BCUT2D eigenvalue weighted by molar-refractivity contribution is -0.890. The van der Waals surface area contributed by atoms with Gasteiger partial charge in [0.25, 0.3) is 15.6 Å². The zero-order chi connectivity index (χ0) is 78.2. The van der Waals surface area contributed by atoms with E-state index >= 15 is 0 Å². The average Bonchev–Trinajstić information content (AvgIpc) is 0.936. The summed E-state index contributed by atoms with van der Waals surface area (Å²) in [4.78, 5) is 71.2. The quantitative estimate of drug-likeness (QED) is 0.0111. The van der Waals surface area contributed by atoms with Crippen molar-refractivity contribution in [3.05, 3.63) is 90.6 Å². The molecule has 0 heterocycles. The molecule has 0 spiro atoms. The van der Waals surface area contributed by atoms with Gasteiger partial charge in [0, 0.05) is 62.1 Å². The molecule has 0 aromatic heterocycles. The highest BCUT2D eigenvalue weighted by atomic mass is 32.2. The van der Waals surface area contributed by atoms with Crippen molar-refractivity contribution in [1.29, 1.82) is 0 Å². The average molecular weight is 1550 g/mol. The number of unbranched alkanes of at least 4 members (excludes halogenated alkanes) is 15. The Bertz CT molecular complexity index is 2880. The topological polar surface area (TPSA) is 331 Å². The highest BCUT2D eigenvalue weighted by molar-refractivity contribution is 7.85. The van der Waals surface area contributed by atoms with Crippen LogP contribution in [0.2, 0.25) is 0 Å². The Labute approximate surface area is 622 Å². The van der Waals surface area contributed by atoms with Crippen LogP contribution in [-0.2, 0) is 87.5 Å². The van der Waals surface area contributed by atoms with Crippen LogP contribution in [0.1, 0.15) is 174 Å². The number of amides is 1. The summed E-state index contributed by atoms with van der Waals surface area (Å²) < 4.78 is 123. The Morgan fingerprint density at radius 1 is 0.534 bits per heavy atom. The van der Waals surface area contributed by atoms with Gasteiger partial charge in [-0.05, 0) is 56.2 Å². The maximum atomic E-state index is 12.1. The summed E-state index contributed by atoms with van der Waals surface area (Å²) in [5, 5.41) is 0. The molecule has 30 heteroatoms. The molecule has 602 valence electrons. The predicted octanol–water partition coefficient (Wildman–Crippen LogP) is 10.7. The number of phosphoric ester groups is 2. The van der Waals surface area contributed by atoms with Crippen molar-refractivity contribution in [2.24, 2.45) is 0 Å². The molecule has 0 aliphatic rings. The first kappa shape index (κ1) is 105. The van der Waals surface area contributed by atoms with Gasteiger partial charge in [-0.25, -0.2) is 26.4 Å². The monoisotopic (exact) mass is 1550 g/mol. The van der Waals surface area contributed by atoms with Crippen molar-refractivity contribution in [2.45, 2.75) is 170 Å². The molecule has 0 N–H and O–H groups in total. The molecule has 0 aliphatic heterocycles. The first-order valence-electron chi connectivity index (χ1n) is 35.8. The van der Waals surface area contributed by atoms with E-state index in [2.05, 4.69) is 46.9 Å². The predicted molar refractivity (Wildman–Crippen MR) is 406 cm³/mol. The Balaban J connectivity index is -0.000000639. The molecule has 1 rings (SSSR count). The van der Waals surface area contributed by atoms with E-state index in [4.69, 9.17) is 18.5 Å². The number of quaternary nitrogens is 4. The Kier molecular flexibility index (Phi) is 61.1. The first-order valence-corrected chi connectivity index (χ1v) is 41.9. The van der Waals surface area contributed by atoms with Gasteiger partial charge in [-0.15, -0.1) is 0 Å². The SMILES string of the molecule is C.C=C(C)C(=O)OCCOP(=O)([O-])OCC[N+](C)(C)C.C=Cc1ccc(COCCCCOP(=O)([O-])OCC[N+](C)(C)C)cc1.CCCCCCCCCC=CC=CC(=O)N(C)CC[N+](C)(C)CCCS(=O)(=O)[O-].CCCCCCCCCCC(=O)/C=C\C(=O)OCC[N+](C)(C)CCCS(=O)(=O)[O-]. The fourth-order valence-corrected chi connectivity index (χ4v) is 11.0. The Morgan fingerprint density at radius 3 is 1.47 bits per heavy atom. The number of rotatable bonds is 57. The van der Waals surface area contributed by atoms with Crippen molar-refractivity contribution in [1.82, 2.24) is 4.90 Å². The maximum Gasteiger partial charge on any atom is 0.333 e. The molecule has 103 heavy (non-hydrogen) atoms. The minimum absolute atomic E-state index is 0. The summed E-state index contributed by atoms with van der Waals surface area (Å²) >= 11 is 0. The number of hydrogen-bond donors (Lipinski definition) is 0.